The molecule has 0 spiro atoms. The van der Waals surface area contributed by atoms with Crippen molar-refractivity contribution in [2.45, 2.75) is 32.4 Å². The maximum Gasteiger partial charge on any atom is 0.328 e. The van der Waals surface area contributed by atoms with Crippen LogP contribution in [-0.2, 0) is 9.59 Å². The number of aliphatic hydroxyl groups is 1. The minimum absolute atomic E-state index is 0.0598. The lowest BCUT2D eigenvalue weighted by atomic mass is 10.1. The number of carbonyl (C=O) groups is 2. The quantitative estimate of drug-likeness (QED) is 0.296. The number of hydrogen-bond donors (Lipinski definition) is 4. The number of nitrogens with one attached hydrogen (secondary N) is 1. The maximum atomic E-state index is 10.2. The third-order valence-electron chi connectivity index (χ3n) is 4.58. The number of benzene rings is 2. The fraction of sp³-hybridized carbons (Fsp3) is 0.357. The van der Waals surface area contributed by atoms with Crippen LogP contribution < -0.4 is 19.7 Å². The lowest BCUT2D eigenvalue weighted by Crippen LogP contribution is -2.42. The van der Waals surface area contributed by atoms with Gasteiger partial charge in [-0.1, -0.05) is 11.8 Å². The van der Waals surface area contributed by atoms with E-state index >= 15 is 0 Å². The molecule has 2 aromatic carbocycles. The first-order valence-corrected chi connectivity index (χ1v) is 11.5. The monoisotopic (exact) mass is 512 g/mol. The molecule has 9 heteroatoms. The third kappa shape index (κ3) is 13.6. The SMILES string of the molecule is COc1ccc(C#Cc2ccc(N(C)C)cc2)c(OCC(O)CNC(C)(C)C)c1.O=C(O)/C=C/C(=O)O. The van der Waals surface area contributed by atoms with Gasteiger partial charge in [-0.25, -0.2) is 9.59 Å². The van der Waals surface area contributed by atoms with Crippen molar-refractivity contribution >= 4 is 17.6 Å². The molecule has 2 rings (SSSR count). The van der Waals surface area contributed by atoms with E-state index in [-0.39, 0.29) is 12.1 Å². The second-order valence-corrected chi connectivity index (χ2v) is 9.16. The molecule has 37 heavy (non-hydrogen) atoms. The molecule has 4 N–H and O–H groups in total. The Kier molecular flexibility index (Phi) is 12.7. The molecule has 0 aliphatic carbocycles. The zero-order valence-corrected chi connectivity index (χ0v) is 22.1. The van der Waals surface area contributed by atoms with Crippen LogP contribution in [0.3, 0.4) is 0 Å². The number of aliphatic hydroxyl groups excluding tert-OH is 1. The first-order valence-electron chi connectivity index (χ1n) is 11.5. The van der Waals surface area contributed by atoms with Crippen LogP contribution in [0.2, 0.25) is 0 Å². The summed E-state index contributed by atoms with van der Waals surface area (Å²) in [6.45, 7) is 6.79. The van der Waals surface area contributed by atoms with Gasteiger partial charge in [0.25, 0.3) is 0 Å². The molecule has 0 bridgehead atoms. The highest BCUT2D eigenvalue weighted by atomic mass is 16.5. The van der Waals surface area contributed by atoms with Crippen LogP contribution >= 0.6 is 0 Å². The smallest absolute Gasteiger partial charge is 0.328 e. The molecule has 0 radical (unpaired) electrons. The molecule has 9 nitrogen and oxygen atoms in total. The second-order valence-electron chi connectivity index (χ2n) is 9.16. The first kappa shape index (κ1) is 31.0. The van der Waals surface area contributed by atoms with Crippen LogP contribution in [0.1, 0.15) is 31.9 Å². The molecule has 0 heterocycles. The fourth-order valence-corrected chi connectivity index (χ4v) is 2.65. The Morgan fingerprint density at radius 2 is 1.62 bits per heavy atom. The Morgan fingerprint density at radius 1 is 1.03 bits per heavy atom. The van der Waals surface area contributed by atoms with Gasteiger partial charge in [-0.05, 0) is 57.2 Å². The van der Waals surface area contributed by atoms with Crippen LogP contribution in [-0.4, -0.2) is 73.3 Å². The summed E-state index contributed by atoms with van der Waals surface area (Å²) < 4.78 is 11.2. The maximum absolute atomic E-state index is 10.2. The van der Waals surface area contributed by atoms with Crippen molar-refractivity contribution in [2.24, 2.45) is 0 Å². The zero-order chi connectivity index (χ0) is 28.0. The van der Waals surface area contributed by atoms with Crippen LogP contribution in [0.15, 0.2) is 54.6 Å². The van der Waals surface area contributed by atoms with Crippen LogP contribution in [0.4, 0.5) is 5.69 Å². The highest BCUT2D eigenvalue weighted by Gasteiger charge is 2.13. The molecule has 1 unspecified atom stereocenters. The normalized spacial score (nSPS) is 11.4. The van der Waals surface area contributed by atoms with Gasteiger partial charge in [0.1, 0.15) is 24.2 Å². The number of aliphatic carboxylic acids is 2. The van der Waals surface area contributed by atoms with Crippen molar-refractivity contribution in [3.63, 3.8) is 0 Å². The highest BCUT2D eigenvalue weighted by Crippen LogP contribution is 2.24. The van der Waals surface area contributed by atoms with Gasteiger partial charge < -0.3 is 35.0 Å². The van der Waals surface area contributed by atoms with Gasteiger partial charge in [0.05, 0.1) is 12.7 Å². The van der Waals surface area contributed by atoms with Gasteiger partial charge >= 0.3 is 11.9 Å². The number of carboxylic acid groups (broad SMARTS) is 2. The first-order chi connectivity index (χ1) is 17.3. The molecule has 2 aromatic rings. The Morgan fingerprint density at radius 3 is 2.11 bits per heavy atom. The molecule has 0 saturated heterocycles. The number of ether oxygens (including phenoxy) is 2. The highest BCUT2D eigenvalue weighted by molar-refractivity contribution is 5.89. The molecule has 0 aromatic heterocycles. The summed E-state index contributed by atoms with van der Waals surface area (Å²) in [5.41, 5.74) is 2.74. The summed E-state index contributed by atoms with van der Waals surface area (Å²) >= 11 is 0. The number of methoxy groups -OCH3 is 1. The van der Waals surface area contributed by atoms with E-state index in [9.17, 15) is 14.7 Å². The van der Waals surface area contributed by atoms with Crippen LogP contribution in [0.5, 0.6) is 11.5 Å². The average Bonchev–Trinajstić information content (AvgIpc) is 2.84. The Labute approximate surface area is 218 Å². The van der Waals surface area contributed by atoms with Crippen molar-refractivity contribution in [1.82, 2.24) is 5.32 Å². The van der Waals surface area contributed by atoms with Gasteiger partial charge in [0.15, 0.2) is 0 Å². The largest absolute Gasteiger partial charge is 0.497 e. The van der Waals surface area contributed by atoms with Crippen molar-refractivity contribution < 1.29 is 34.4 Å². The van der Waals surface area contributed by atoms with E-state index in [2.05, 4.69) is 37.9 Å². The lowest BCUT2D eigenvalue weighted by molar-refractivity contribution is -0.134. The number of carboxylic acids is 2. The third-order valence-corrected chi connectivity index (χ3v) is 4.58. The number of hydrogen-bond acceptors (Lipinski definition) is 7. The fourth-order valence-electron chi connectivity index (χ4n) is 2.65. The van der Waals surface area contributed by atoms with Crippen molar-refractivity contribution in [2.75, 3.05) is 39.3 Å². The summed E-state index contributed by atoms with van der Waals surface area (Å²) in [6, 6.07) is 13.6. The Bertz CT molecular complexity index is 1090. The van der Waals surface area contributed by atoms with Gasteiger partial charge in [-0.2, -0.15) is 0 Å². The molecule has 1 atom stereocenters. The standard InChI is InChI=1S/C24H32N2O3.C4H4O4/c1-24(2,3)25-16-21(27)17-29-23-15-22(28-6)14-11-19(23)10-7-18-8-12-20(13-9-18)26(4)5;5-3(6)1-2-4(7)8/h8-9,11-15,21,25,27H,16-17H2,1-6H3;1-2H,(H,5,6)(H,7,8)/b;2-1+. The molecule has 200 valence electrons. The van der Waals surface area contributed by atoms with Crippen LogP contribution in [0, 0.1) is 11.8 Å². The minimum Gasteiger partial charge on any atom is -0.497 e. The lowest BCUT2D eigenvalue weighted by Gasteiger charge is -2.23. The molecular formula is C28H36N2O7. The molecule has 0 aliphatic rings. The van der Waals surface area contributed by atoms with Gasteiger partial charge in [-0.15, -0.1) is 0 Å². The van der Waals surface area contributed by atoms with E-state index in [4.69, 9.17) is 19.7 Å². The van der Waals surface area contributed by atoms with Gasteiger partial charge in [0.2, 0.25) is 0 Å². The van der Waals surface area contributed by atoms with Crippen molar-refractivity contribution in [3.8, 4) is 23.3 Å². The van der Waals surface area contributed by atoms with E-state index < -0.39 is 18.0 Å². The van der Waals surface area contributed by atoms with E-state index in [1.165, 1.54) is 0 Å². The molecule has 0 saturated carbocycles. The summed E-state index contributed by atoms with van der Waals surface area (Å²) in [5, 5.41) is 29.1. The average molecular weight is 513 g/mol. The molecule has 0 fully saturated rings. The second kappa shape index (κ2) is 15.2. The van der Waals surface area contributed by atoms with Gasteiger partial charge in [0, 0.05) is 55.6 Å². The Hall–Kier alpha value is -4.00. The summed E-state index contributed by atoms with van der Waals surface area (Å²) in [5.74, 6) is 5.11. The molecule has 0 aliphatic heterocycles. The predicted octanol–water partition coefficient (Wildman–Crippen LogP) is 3.00. The number of anilines is 1. The zero-order valence-electron chi connectivity index (χ0n) is 22.1. The van der Waals surface area contributed by atoms with Crippen molar-refractivity contribution in [3.05, 3.63) is 65.7 Å². The van der Waals surface area contributed by atoms with Gasteiger partial charge in [-0.3, -0.25) is 0 Å². The number of nitrogens with zero attached hydrogens (tertiary/aromatic N) is 1. The Balaban J connectivity index is 0.000000738. The minimum atomic E-state index is -1.26. The number of β-amino-alcohol motifs (C(OH)–C–C–N with tert-alkyl or cyclic N) is 1. The summed E-state index contributed by atoms with van der Waals surface area (Å²) in [4.78, 5) is 21.2. The van der Waals surface area contributed by atoms with Crippen molar-refractivity contribution in [1.29, 1.82) is 0 Å². The topological polar surface area (TPSA) is 129 Å². The summed E-state index contributed by atoms with van der Waals surface area (Å²) in [7, 11) is 5.62. The van der Waals surface area contributed by atoms with E-state index in [0.29, 0.717) is 30.2 Å². The summed E-state index contributed by atoms with van der Waals surface area (Å²) in [6.07, 6.45) is 0.491. The van der Waals surface area contributed by atoms with Crippen LogP contribution in [0.25, 0.3) is 0 Å². The molecular weight excluding hydrogens is 476 g/mol. The number of rotatable bonds is 9. The van der Waals surface area contributed by atoms with E-state index in [1.807, 2.05) is 55.4 Å². The predicted molar refractivity (Wildman–Crippen MR) is 143 cm³/mol. The van der Waals surface area contributed by atoms with E-state index in [0.717, 1.165) is 16.8 Å². The van der Waals surface area contributed by atoms with E-state index in [1.54, 1.807) is 13.2 Å². The molecule has 0 amide bonds.